The molecule has 0 aromatic heterocycles. The van der Waals surface area contributed by atoms with Crippen molar-refractivity contribution in [2.45, 2.75) is 64.7 Å². The summed E-state index contributed by atoms with van der Waals surface area (Å²) in [5.74, 6) is -0.976. The second-order valence-corrected chi connectivity index (χ2v) is 9.98. The van der Waals surface area contributed by atoms with Gasteiger partial charge in [-0.05, 0) is 67.8 Å². The van der Waals surface area contributed by atoms with E-state index in [4.69, 9.17) is 0 Å². The Morgan fingerprint density at radius 2 is 1.91 bits per heavy atom. The van der Waals surface area contributed by atoms with Crippen LogP contribution >= 0.6 is 0 Å². The lowest BCUT2D eigenvalue weighted by Gasteiger charge is -2.40. The van der Waals surface area contributed by atoms with E-state index in [0.717, 1.165) is 31.0 Å². The summed E-state index contributed by atoms with van der Waals surface area (Å²) in [6.07, 6.45) is -0.945. The molecule has 1 saturated heterocycles. The first-order valence-corrected chi connectivity index (χ1v) is 11.5. The highest BCUT2D eigenvalue weighted by Crippen LogP contribution is 2.48. The third kappa shape index (κ3) is 4.14. The highest BCUT2D eigenvalue weighted by molar-refractivity contribution is 5.84. The van der Waals surface area contributed by atoms with E-state index in [1.807, 2.05) is 13.8 Å². The summed E-state index contributed by atoms with van der Waals surface area (Å²) in [6.45, 7) is 6.08. The van der Waals surface area contributed by atoms with Crippen molar-refractivity contribution in [3.05, 3.63) is 34.9 Å². The number of hydrogen-bond acceptors (Lipinski definition) is 3. The quantitative estimate of drug-likeness (QED) is 0.744. The molecule has 1 amide bonds. The summed E-state index contributed by atoms with van der Waals surface area (Å²) in [5.41, 5.74) is 0.232. The van der Waals surface area contributed by atoms with Gasteiger partial charge in [-0.2, -0.15) is 13.2 Å². The van der Waals surface area contributed by atoms with Crippen molar-refractivity contribution in [2.24, 2.45) is 17.3 Å². The van der Waals surface area contributed by atoms with E-state index >= 15 is 0 Å². The monoisotopic (exact) mass is 452 g/mol. The molecule has 0 bridgehead atoms. The molecule has 2 fully saturated rings. The van der Waals surface area contributed by atoms with Crippen molar-refractivity contribution in [1.82, 2.24) is 9.80 Å². The maximum atomic E-state index is 13.8. The van der Waals surface area contributed by atoms with E-state index in [-0.39, 0.29) is 30.3 Å². The van der Waals surface area contributed by atoms with Gasteiger partial charge < -0.3 is 10.0 Å². The minimum Gasteiger partial charge on any atom is -0.481 e. The van der Waals surface area contributed by atoms with Crippen LogP contribution in [-0.4, -0.2) is 52.5 Å². The number of halogens is 3. The van der Waals surface area contributed by atoms with Crippen molar-refractivity contribution in [1.29, 1.82) is 0 Å². The van der Waals surface area contributed by atoms with Crippen LogP contribution in [0.15, 0.2) is 18.2 Å². The summed E-state index contributed by atoms with van der Waals surface area (Å²) in [4.78, 5) is 29.1. The maximum Gasteiger partial charge on any atom is 0.416 e. The average molecular weight is 453 g/mol. The van der Waals surface area contributed by atoms with Crippen LogP contribution in [0.2, 0.25) is 0 Å². The number of carboxylic acids is 1. The molecule has 0 spiro atoms. The zero-order valence-electron chi connectivity index (χ0n) is 18.6. The highest BCUT2D eigenvalue weighted by Gasteiger charge is 2.51. The first-order chi connectivity index (χ1) is 15.0. The Kier molecular flexibility index (Phi) is 6.03. The number of aliphatic carboxylic acids is 1. The van der Waals surface area contributed by atoms with E-state index in [0.29, 0.717) is 37.9 Å². The van der Waals surface area contributed by atoms with Crippen LogP contribution in [0.25, 0.3) is 0 Å². The minimum absolute atomic E-state index is 0.0343. The Hall–Kier alpha value is -2.09. The maximum absolute atomic E-state index is 13.8. The Balaban J connectivity index is 1.51. The Morgan fingerprint density at radius 3 is 2.53 bits per heavy atom. The van der Waals surface area contributed by atoms with Crippen LogP contribution in [0.4, 0.5) is 13.2 Å². The van der Waals surface area contributed by atoms with Crippen LogP contribution in [0.1, 0.15) is 56.2 Å². The van der Waals surface area contributed by atoms with Gasteiger partial charge in [-0.25, -0.2) is 0 Å². The summed E-state index contributed by atoms with van der Waals surface area (Å²) in [6, 6.07) is 4.02. The summed E-state index contributed by atoms with van der Waals surface area (Å²) >= 11 is 0. The second kappa shape index (κ2) is 8.36. The number of alkyl halides is 3. The molecule has 3 atom stereocenters. The number of fused-ring (bicyclic) bond motifs is 1. The summed E-state index contributed by atoms with van der Waals surface area (Å²) in [5, 5.41) is 9.32. The number of amides is 1. The molecule has 4 rings (SSSR count). The zero-order valence-corrected chi connectivity index (χ0v) is 18.6. The van der Waals surface area contributed by atoms with Crippen molar-refractivity contribution in [3.8, 4) is 0 Å². The highest BCUT2D eigenvalue weighted by atomic mass is 19.4. The molecule has 1 N–H and O–H groups in total. The van der Waals surface area contributed by atoms with E-state index in [2.05, 4.69) is 4.90 Å². The fourth-order valence-electron chi connectivity index (χ4n) is 5.87. The van der Waals surface area contributed by atoms with Gasteiger partial charge in [-0.3, -0.25) is 14.5 Å². The average Bonchev–Trinajstić information content (AvgIpc) is 3.40. The number of rotatable bonds is 4. The van der Waals surface area contributed by atoms with Crippen molar-refractivity contribution < 1.29 is 27.9 Å². The van der Waals surface area contributed by atoms with Gasteiger partial charge in [-0.15, -0.1) is 0 Å². The van der Waals surface area contributed by atoms with Crippen LogP contribution < -0.4 is 0 Å². The first kappa shape index (κ1) is 23.1. The summed E-state index contributed by atoms with van der Waals surface area (Å²) < 4.78 is 39.5. The molecular weight excluding hydrogens is 421 g/mol. The predicted molar refractivity (Wildman–Crippen MR) is 113 cm³/mol. The van der Waals surface area contributed by atoms with Gasteiger partial charge in [0.15, 0.2) is 0 Å². The largest absolute Gasteiger partial charge is 0.481 e. The van der Waals surface area contributed by atoms with Gasteiger partial charge in [-0.1, -0.05) is 19.9 Å². The predicted octanol–water partition coefficient (Wildman–Crippen LogP) is 4.19. The molecule has 1 saturated carbocycles. The molecule has 1 aliphatic carbocycles. The SMILES string of the molecule is CC(C)C1(C(=O)N2CCc3ccc(C(F)(F)F)cc3C2)CCC(N2CCC(C(=O)O)C2)C1. The molecule has 32 heavy (non-hydrogen) atoms. The van der Waals surface area contributed by atoms with Gasteiger partial charge in [0.25, 0.3) is 0 Å². The van der Waals surface area contributed by atoms with Gasteiger partial charge in [0.05, 0.1) is 16.9 Å². The van der Waals surface area contributed by atoms with Gasteiger partial charge in [0.2, 0.25) is 5.91 Å². The van der Waals surface area contributed by atoms with E-state index in [1.165, 1.54) is 12.1 Å². The molecule has 8 heteroatoms. The molecular formula is C24H31F3N2O3. The van der Waals surface area contributed by atoms with E-state index < -0.39 is 23.1 Å². The molecule has 3 unspecified atom stereocenters. The van der Waals surface area contributed by atoms with E-state index in [9.17, 15) is 27.9 Å². The van der Waals surface area contributed by atoms with Crippen LogP contribution in [0.3, 0.4) is 0 Å². The molecule has 3 aliphatic rings. The zero-order chi connectivity index (χ0) is 23.3. The summed E-state index contributed by atoms with van der Waals surface area (Å²) in [7, 11) is 0. The molecule has 176 valence electrons. The Morgan fingerprint density at radius 1 is 1.16 bits per heavy atom. The third-order valence-corrected chi connectivity index (χ3v) is 7.97. The van der Waals surface area contributed by atoms with Crippen molar-refractivity contribution >= 4 is 11.9 Å². The normalized spacial score (nSPS) is 28.9. The fraction of sp³-hybridized carbons (Fsp3) is 0.667. The molecule has 1 aromatic carbocycles. The standard InChI is InChI=1S/C24H31F3N2O3/c1-15(2)23(8-5-20(12-23)28-9-7-17(13-28)21(30)31)22(32)29-10-6-16-3-4-19(24(25,26)27)11-18(16)14-29/h3-4,11,15,17,20H,5-10,12-14H2,1-2H3,(H,30,31). The number of benzene rings is 1. The number of nitrogens with zero attached hydrogens (tertiary/aromatic N) is 2. The number of hydrogen-bond donors (Lipinski definition) is 1. The van der Waals surface area contributed by atoms with Crippen LogP contribution in [-0.2, 0) is 28.7 Å². The molecule has 5 nitrogen and oxygen atoms in total. The fourth-order valence-corrected chi connectivity index (χ4v) is 5.87. The number of carbonyl (C=O) groups excluding carboxylic acids is 1. The topological polar surface area (TPSA) is 60.9 Å². The minimum atomic E-state index is -4.40. The number of carbonyl (C=O) groups is 2. The lowest BCUT2D eigenvalue weighted by Crippen LogP contribution is -2.48. The smallest absolute Gasteiger partial charge is 0.416 e. The Labute approximate surface area is 186 Å². The van der Waals surface area contributed by atoms with Gasteiger partial charge >= 0.3 is 12.1 Å². The van der Waals surface area contributed by atoms with Crippen LogP contribution in [0.5, 0.6) is 0 Å². The van der Waals surface area contributed by atoms with Gasteiger partial charge in [0, 0.05) is 25.7 Å². The van der Waals surface area contributed by atoms with E-state index in [1.54, 1.807) is 4.90 Å². The number of likely N-dealkylation sites (tertiary alicyclic amines) is 1. The first-order valence-electron chi connectivity index (χ1n) is 11.5. The van der Waals surface area contributed by atoms with Crippen LogP contribution in [0, 0.1) is 17.3 Å². The molecule has 0 radical (unpaired) electrons. The lowest BCUT2D eigenvalue weighted by molar-refractivity contribution is -0.146. The molecule has 1 aromatic rings. The third-order valence-electron chi connectivity index (χ3n) is 7.97. The van der Waals surface area contributed by atoms with Gasteiger partial charge in [0.1, 0.15) is 0 Å². The Bertz CT molecular complexity index is 901. The second-order valence-electron chi connectivity index (χ2n) is 9.98. The van der Waals surface area contributed by atoms with Crippen molar-refractivity contribution in [2.75, 3.05) is 19.6 Å². The molecule has 2 heterocycles. The molecule has 2 aliphatic heterocycles. The lowest BCUT2D eigenvalue weighted by atomic mass is 9.73. The number of carboxylic acid groups (broad SMARTS) is 1. The van der Waals surface area contributed by atoms with Crippen molar-refractivity contribution in [3.63, 3.8) is 0 Å².